The second-order valence-corrected chi connectivity index (χ2v) is 7.08. The summed E-state index contributed by atoms with van der Waals surface area (Å²) in [6, 6.07) is 14.9. The molecule has 3 aromatic rings. The van der Waals surface area contributed by atoms with Crippen molar-refractivity contribution in [2.45, 2.75) is 6.54 Å². The Morgan fingerprint density at radius 1 is 1.17 bits per heavy atom. The number of para-hydroxylation sites is 1. The number of methoxy groups -OCH3 is 1. The van der Waals surface area contributed by atoms with Gasteiger partial charge in [0.05, 0.1) is 22.9 Å². The molecule has 0 radical (unpaired) electrons. The van der Waals surface area contributed by atoms with E-state index in [0.29, 0.717) is 10.4 Å². The highest BCUT2D eigenvalue weighted by molar-refractivity contribution is 14.1. The Morgan fingerprint density at radius 2 is 1.88 bits per heavy atom. The molecule has 0 saturated carbocycles. The third kappa shape index (κ3) is 3.41. The van der Waals surface area contributed by atoms with Gasteiger partial charge in [0.25, 0.3) is 5.91 Å². The van der Waals surface area contributed by atoms with Gasteiger partial charge in [-0.25, -0.2) is 0 Å². The minimum absolute atomic E-state index is 0.0124. The van der Waals surface area contributed by atoms with Crippen LogP contribution >= 0.6 is 33.9 Å². The van der Waals surface area contributed by atoms with Crippen molar-refractivity contribution >= 4 is 56.0 Å². The van der Waals surface area contributed by atoms with Gasteiger partial charge in [-0.2, -0.15) is 4.99 Å². The summed E-state index contributed by atoms with van der Waals surface area (Å²) in [7, 11) is 1.34. The van der Waals surface area contributed by atoms with E-state index in [1.165, 1.54) is 18.4 Å². The minimum Gasteiger partial charge on any atom is -0.468 e. The molecule has 3 rings (SSSR count). The zero-order valence-corrected chi connectivity index (χ0v) is 15.7. The molecule has 5 nitrogen and oxygen atoms in total. The van der Waals surface area contributed by atoms with E-state index < -0.39 is 0 Å². The van der Waals surface area contributed by atoms with Gasteiger partial charge < -0.3 is 9.30 Å². The molecular formula is C17H13IN2O3S. The maximum atomic E-state index is 12.5. The zero-order valence-electron chi connectivity index (χ0n) is 12.7. The lowest BCUT2D eigenvalue weighted by Gasteiger charge is -2.03. The number of carbonyl (C=O) groups is 2. The molecule has 0 spiro atoms. The summed E-state index contributed by atoms with van der Waals surface area (Å²) in [4.78, 5) is 29.0. The van der Waals surface area contributed by atoms with Crippen molar-refractivity contribution < 1.29 is 14.3 Å². The van der Waals surface area contributed by atoms with E-state index in [1.807, 2.05) is 36.4 Å². The molecule has 0 aliphatic carbocycles. The van der Waals surface area contributed by atoms with Crippen molar-refractivity contribution in [2.24, 2.45) is 4.99 Å². The van der Waals surface area contributed by atoms with Crippen molar-refractivity contribution in [3.63, 3.8) is 0 Å². The van der Waals surface area contributed by atoms with Gasteiger partial charge in [-0.05, 0) is 46.9 Å². The number of halogens is 1. The number of esters is 1. The fourth-order valence-corrected chi connectivity index (χ4v) is 3.88. The molecule has 122 valence electrons. The van der Waals surface area contributed by atoms with Crippen molar-refractivity contribution in [3.8, 4) is 0 Å². The van der Waals surface area contributed by atoms with Crippen LogP contribution in [0.25, 0.3) is 10.2 Å². The summed E-state index contributed by atoms with van der Waals surface area (Å²) in [5.41, 5.74) is 1.39. The van der Waals surface area contributed by atoms with Crippen molar-refractivity contribution in [3.05, 3.63) is 62.5 Å². The number of thiazole rings is 1. The standard InChI is InChI=1S/C17H13IN2O3S/c1-23-15(21)10-20-13-8-4-5-9-14(13)24-17(20)19-16(22)11-6-2-3-7-12(11)18/h2-9H,10H2,1H3. The summed E-state index contributed by atoms with van der Waals surface area (Å²) in [5.74, 6) is -0.716. The molecule has 0 atom stereocenters. The fourth-order valence-electron chi connectivity index (χ4n) is 2.23. The lowest BCUT2D eigenvalue weighted by atomic mass is 10.2. The normalized spacial score (nSPS) is 11.7. The number of rotatable bonds is 3. The van der Waals surface area contributed by atoms with E-state index in [-0.39, 0.29) is 18.4 Å². The lowest BCUT2D eigenvalue weighted by Crippen LogP contribution is -2.22. The highest BCUT2D eigenvalue weighted by Crippen LogP contribution is 2.17. The highest BCUT2D eigenvalue weighted by Gasteiger charge is 2.13. The molecule has 0 fully saturated rings. The largest absolute Gasteiger partial charge is 0.468 e. The second-order valence-electron chi connectivity index (χ2n) is 4.91. The van der Waals surface area contributed by atoms with Crippen LogP contribution < -0.4 is 4.80 Å². The van der Waals surface area contributed by atoms with E-state index in [9.17, 15) is 9.59 Å². The van der Waals surface area contributed by atoms with Crippen LogP contribution in [0.3, 0.4) is 0 Å². The molecule has 2 aromatic carbocycles. The van der Waals surface area contributed by atoms with Crippen molar-refractivity contribution in [1.82, 2.24) is 4.57 Å². The molecular weight excluding hydrogens is 439 g/mol. The maximum Gasteiger partial charge on any atom is 0.325 e. The molecule has 0 bridgehead atoms. The summed E-state index contributed by atoms with van der Waals surface area (Å²) in [5, 5.41) is 0. The fraction of sp³-hybridized carbons (Fsp3) is 0.118. The quantitative estimate of drug-likeness (QED) is 0.453. The summed E-state index contributed by atoms with van der Waals surface area (Å²) in [6.45, 7) is 0.0124. The number of aromatic nitrogens is 1. The molecule has 0 saturated heterocycles. The molecule has 24 heavy (non-hydrogen) atoms. The molecule has 1 aromatic heterocycles. The average Bonchev–Trinajstić information content (AvgIpc) is 2.92. The van der Waals surface area contributed by atoms with Crippen LogP contribution in [0.15, 0.2) is 53.5 Å². The van der Waals surface area contributed by atoms with Crippen LogP contribution in [0.4, 0.5) is 0 Å². The third-order valence-electron chi connectivity index (χ3n) is 3.40. The van der Waals surface area contributed by atoms with E-state index in [4.69, 9.17) is 4.74 Å². The van der Waals surface area contributed by atoms with Crippen LogP contribution in [0.5, 0.6) is 0 Å². The molecule has 1 amide bonds. The molecule has 7 heteroatoms. The number of amides is 1. The monoisotopic (exact) mass is 452 g/mol. The van der Waals surface area contributed by atoms with Gasteiger partial charge in [0.15, 0.2) is 4.80 Å². The van der Waals surface area contributed by atoms with Crippen LogP contribution in [-0.4, -0.2) is 23.6 Å². The molecule has 0 unspecified atom stereocenters. The first-order valence-corrected chi connectivity index (χ1v) is 8.98. The van der Waals surface area contributed by atoms with Crippen molar-refractivity contribution in [1.29, 1.82) is 0 Å². The molecule has 0 aliphatic heterocycles. The Kier molecular flexibility index (Phi) is 5.10. The van der Waals surface area contributed by atoms with E-state index in [2.05, 4.69) is 27.6 Å². The highest BCUT2D eigenvalue weighted by atomic mass is 127. The third-order valence-corrected chi connectivity index (χ3v) is 5.40. The van der Waals surface area contributed by atoms with Gasteiger partial charge in [-0.3, -0.25) is 9.59 Å². The van der Waals surface area contributed by atoms with Crippen LogP contribution in [0.1, 0.15) is 10.4 Å². The lowest BCUT2D eigenvalue weighted by molar-refractivity contribution is -0.141. The summed E-state index contributed by atoms with van der Waals surface area (Å²) < 4.78 is 8.25. The van der Waals surface area contributed by atoms with E-state index >= 15 is 0 Å². The van der Waals surface area contributed by atoms with Gasteiger partial charge in [-0.1, -0.05) is 35.6 Å². The maximum absolute atomic E-state index is 12.5. The van der Waals surface area contributed by atoms with Crippen LogP contribution in [0, 0.1) is 3.57 Å². The van der Waals surface area contributed by atoms with E-state index in [1.54, 1.807) is 16.7 Å². The number of carbonyl (C=O) groups excluding carboxylic acids is 2. The summed E-state index contributed by atoms with van der Waals surface area (Å²) >= 11 is 3.48. The number of fused-ring (bicyclic) bond motifs is 1. The van der Waals surface area contributed by atoms with Gasteiger partial charge in [0.1, 0.15) is 6.54 Å². The van der Waals surface area contributed by atoms with Crippen LogP contribution in [-0.2, 0) is 16.1 Å². The number of benzene rings is 2. The first-order chi connectivity index (χ1) is 11.6. The van der Waals surface area contributed by atoms with E-state index in [0.717, 1.165) is 13.8 Å². The van der Waals surface area contributed by atoms with Crippen molar-refractivity contribution in [2.75, 3.05) is 7.11 Å². The SMILES string of the molecule is COC(=O)Cn1c(=NC(=O)c2ccccc2I)sc2ccccc21. The Balaban J connectivity index is 2.14. The first kappa shape index (κ1) is 16.8. The molecule has 1 heterocycles. The number of hydrogen-bond acceptors (Lipinski definition) is 4. The Hall–Kier alpha value is -2.00. The second kappa shape index (κ2) is 7.27. The Labute approximate surface area is 155 Å². The summed E-state index contributed by atoms with van der Waals surface area (Å²) in [6.07, 6.45) is 0. The Bertz CT molecular complexity index is 991. The smallest absolute Gasteiger partial charge is 0.325 e. The topological polar surface area (TPSA) is 60.7 Å². The predicted octanol–water partition coefficient (Wildman–Crippen LogP) is 3.22. The van der Waals surface area contributed by atoms with Gasteiger partial charge in [0, 0.05) is 3.57 Å². The number of ether oxygens (including phenoxy) is 1. The van der Waals surface area contributed by atoms with Crippen LogP contribution in [0.2, 0.25) is 0 Å². The zero-order chi connectivity index (χ0) is 17.1. The van der Waals surface area contributed by atoms with Gasteiger partial charge >= 0.3 is 5.97 Å². The molecule has 0 aliphatic rings. The average molecular weight is 452 g/mol. The number of nitrogens with zero attached hydrogens (tertiary/aromatic N) is 2. The van der Waals surface area contributed by atoms with Gasteiger partial charge in [0.2, 0.25) is 0 Å². The minimum atomic E-state index is -0.387. The first-order valence-electron chi connectivity index (χ1n) is 7.09. The predicted molar refractivity (Wildman–Crippen MR) is 101 cm³/mol. The molecule has 0 N–H and O–H groups in total. The van der Waals surface area contributed by atoms with Gasteiger partial charge in [-0.15, -0.1) is 0 Å². The Morgan fingerprint density at radius 3 is 2.62 bits per heavy atom. The number of hydrogen-bond donors (Lipinski definition) is 0.